The van der Waals surface area contributed by atoms with Crippen LogP contribution >= 0.6 is 0 Å². The molecule has 0 aliphatic carbocycles. The second-order valence-corrected chi connectivity index (χ2v) is 6.10. The Kier molecular flexibility index (Phi) is 7.55. The fourth-order valence-electron chi connectivity index (χ4n) is 2.68. The van der Waals surface area contributed by atoms with E-state index >= 15 is 0 Å². The summed E-state index contributed by atoms with van der Waals surface area (Å²) in [5.41, 5.74) is 2.77. The molecule has 0 saturated carbocycles. The number of hydrogen-bond acceptors (Lipinski definition) is 6. The van der Waals surface area contributed by atoms with Gasteiger partial charge in [0.05, 0.1) is 12.8 Å². The molecule has 2 aromatic rings. The average Bonchev–Trinajstić information content (AvgIpc) is 2.68. The Hall–Kier alpha value is -3.15. The van der Waals surface area contributed by atoms with Crippen LogP contribution < -0.4 is 10.1 Å². The largest absolute Gasteiger partial charge is 0.504 e. The summed E-state index contributed by atoms with van der Waals surface area (Å²) in [6, 6.07) is 7.19. The van der Waals surface area contributed by atoms with E-state index in [0.717, 1.165) is 29.9 Å². The summed E-state index contributed by atoms with van der Waals surface area (Å²) < 4.78 is 5.18. The number of methoxy groups -OCH3 is 1. The van der Waals surface area contributed by atoms with Crippen LogP contribution in [0.3, 0.4) is 0 Å². The van der Waals surface area contributed by atoms with E-state index in [9.17, 15) is 5.11 Å². The van der Waals surface area contributed by atoms with E-state index in [1.165, 1.54) is 19.0 Å². The van der Waals surface area contributed by atoms with Crippen LogP contribution in [0.5, 0.6) is 11.5 Å². The number of nitrogens with one attached hydrogen (secondary N) is 1. The van der Waals surface area contributed by atoms with E-state index < -0.39 is 0 Å². The van der Waals surface area contributed by atoms with Gasteiger partial charge in [0.2, 0.25) is 0 Å². The Labute approximate surface area is 160 Å². The van der Waals surface area contributed by atoms with Gasteiger partial charge in [-0.3, -0.25) is 4.99 Å². The van der Waals surface area contributed by atoms with Crippen molar-refractivity contribution in [3.05, 3.63) is 54.5 Å². The van der Waals surface area contributed by atoms with E-state index in [2.05, 4.69) is 40.8 Å². The number of nitrogens with zero attached hydrogens (tertiary/aromatic N) is 3. The highest BCUT2D eigenvalue weighted by Gasteiger charge is 2.12. The zero-order valence-electron chi connectivity index (χ0n) is 16.0. The summed E-state index contributed by atoms with van der Waals surface area (Å²) in [7, 11) is 1.52. The minimum atomic E-state index is 0.0968. The van der Waals surface area contributed by atoms with Gasteiger partial charge in [-0.15, -0.1) is 0 Å². The van der Waals surface area contributed by atoms with Gasteiger partial charge in [0.1, 0.15) is 12.1 Å². The van der Waals surface area contributed by atoms with Crippen molar-refractivity contribution in [2.24, 2.45) is 4.99 Å². The van der Waals surface area contributed by atoms with Gasteiger partial charge < -0.3 is 15.2 Å². The highest BCUT2D eigenvalue weighted by Crippen LogP contribution is 2.31. The van der Waals surface area contributed by atoms with Crippen molar-refractivity contribution in [1.29, 1.82) is 0 Å². The molecule has 0 aliphatic heterocycles. The second-order valence-electron chi connectivity index (χ2n) is 6.10. The first-order valence-corrected chi connectivity index (χ1v) is 8.84. The molecule has 0 radical (unpaired) electrons. The zero-order valence-corrected chi connectivity index (χ0v) is 16.0. The number of allylic oxidation sites excluding steroid dienone is 2. The number of aliphatic imine (C=N–C) groups is 1. The van der Waals surface area contributed by atoms with Crippen molar-refractivity contribution in [3.63, 3.8) is 0 Å². The van der Waals surface area contributed by atoms with Crippen LogP contribution in [-0.4, -0.2) is 34.9 Å². The molecular formula is C21H26N4O2. The van der Waals surface area contributed by atoms with Crippen molar-refractivity contribution < 1.29 is 9.84 Å². The number of benzene rings is 1. The lowest BCUT2D eigenvalue weighted by atomic mass is 10.0. The average molecular weight is 366 g/mol. The minimum absolute atomic E-state index is 0.0968. The number of hydrogen-bond donors (Lipinski definition) is 2. The van der Waals surface area contributed by atoms with Crippen LogP contribution in [0, 0.1) is 0 Å². The minimum Gasteiger partial charge on any atom is -0.504 e. The lowest BCUT2D eigenvalue weighted by Crippen LogP contribution is -2.21. The van der Waals surface area contributed by atoms with Crippen LogP contribution in [0.15, 0.2) is 59.5 Å². The molecule has 1 aromatic heterocycles. The van der Waals surface area contributed by atoms with Crippen molar-refractivity contribution >= 4 is 12.5 Å². The van der Waals surface area contributed by atoms with Crippen LogP contribution in [0.2, 0.25) is 0 Å². The lowest BCUT2D eigenvalue weighted by molar-refractivity contribution is 0.373. The molecule has 0 spiro atoms. The normalized spacial score (nSPS) is 12.8. The van der Waals surface area contributed by atoms with Crippen molar-refractivity contribution in [2.45, 2.75) is 32.7 Å². The summed E-state index contributed by atoms with van der Waals surface area (Å²) in [5.74, 6) is 1.24. The van der Waals surface area contributed by atoms with Gasteiger partial charge in [0.25, 0.3) is 0 Å². The lowest BCUT2D eigenvalue weighted by Gasteiger charge is -2.19. The maximum absolute atomic E-state index is 9.77. The van der Waals surface area contributed by atoms with E-state index in [0.29, 0.717) is 5.75 Å². The fourth-order valence-corrected chi connectivity index (χ4v) is 2.68. The molecule has 1 aromatic carbocycles. The Morgan fingerprint density at radius 1 is 1.37 bits per heavy atom. The third-order valence-electron chi connectivity index (χ3n) is 4.14. The first-order chi connectivity index (χ1) is 13.1. The van der Waals surface area contributed by atoms with E-state index in [4.69, 9.17) is 4.74 Å². The van der Waals surface area contributed by atoms with Gasteiger partial charge in [-0.05, 0) is 44.3 Å². The zero-order chi connectivity index (χ0) is 19.6. The number of aromatic nitrogens is 2. The van der Waals surface area contributed by atoms with E-state index in [-0.39, 0.29) is 11.8 Å². The summed E-state index contributed by atoms with van der Waals surface area (Å²) in [6.45, 7) is 7.67. The Bertz CT molecular complexity index is 831. The van der Waals surface area contributed by atoms with E-state index in [1.807, 2.05) is 18.2 Å². The van der Waals surface area contributed by atoms with Crippen LogP contribution in [-0.2, 0) is 0 Å². The number of rotatable bonds is 9. The number of anilines is 1. The molecule has 0 fully saturated rings. The second kappa shape index (κ2) is 10.1. The molecule has 1 atom stereocenters. The van der Waals surface area contributed by atoms with Crippen LogP contribution in [0.4, 0.5) is 5.82 Å². The monoisotopic (exact) mass is 366 g/mol. The highest BCUT2D eigenvalue weighted by atomic mass is 16.5. The quantitative estimate of drug-likeness (QED) is 0.501. The summed E-state index contributed by atoms with van der Waals surface area (Å²) in [5, 5.41) is 13.2. The molecule has 2 rings (SSSR count). The molecule has 1 unspecified atom stereocenters. The van der Waals surface area contributed by atoms with Crippen molar-refractivity contribution in [3.8, 4) is 22.8 Å². The summed E-state index contributed by atoms with van der Waals surface area (Å²) in [4.78, 5) is 12.4. The van der Waals surface area contributed by atoms with Gasteiger partial charge in [0, 0.05) is 23.9 Å². The van der Waals surface area contributed by atoms with E-state index in [1.54, 1.807) is 24.4 Å². The fraction of sp³-hybridized carbons (Fsp3) is 0.286. The molecule has 27 heavy (non-hydrogen) atoms. The number of phenols is 1. The molecule has 2 N–H and O–H groups in total. The van der Waals surface area contributed by atoms with Gasteiger partial charge in [-0.2, -0.15) is 0 Å². The van der Waals surface area contributed by atoms with Crippen LogP contribution in [0.25, 0.3) is 11.3 Å². The molecule has 0 bridgehead atoms. The molecule has 0 amide bonds. The predicted molar refractivity (Wildman–Crippen MR) is 110 cm³/mol. The number of ether oxygens (including phenoxy) is 1. The van der Waals surface area contributed by atoms with Gasteiger partial charge in [-0.25, -0.2) is 9.97 Å². The standard InChI is InChI=1S/C21H26N4O2/c1-5-7-17(15(2)8-6-11-22-3)25-21-13-18(23-14-24-21)16-9-10-19(26)20(12-16)27-4/h6,8-14,17,26H,3,5,7H2,1-2,4H3,(H,23,24,25)/b11-6-,15-8+. The Balaban J connectivity index is 2.26. The van der Waals surface area contributed by atoms with Gasteiger partial charge in [-0.1, -0.05) is 25.0 Å². The number of aromatic hydroxyl groups is 1. The third kappa shape index (κ3) is 5.67. The maximum Gasteiger partial charge on any atom is 0.161 e. The van der Waals surface area contributed by atoms with Crippen LogP contribution in [0.1, 0.15) is 26.7 Å². The summed E-state index contributed by atoms with van der Waals surface area (Å²) >= 11 is 0. The topological polar surface area (TPSA) is 79.6 Å². The molecule has 142 valence electrons. The predicted octanol–water partition coefficient (Wildman–Crippen LogP) is 4.60. The smallest absolute Gasteiger partial charge is 0.161 e. The SMILES string of the molecule is C=N/C=C\C=C(/C)C(CCC)Nc1cc(-c2ccc(O)c(OC)c2)ncn1. The molecule has 0 saturated heterocycles. The Morgan fingerprint density at radius 2 is 2.19 bits per heavy atom. The highest BCUT2D eigenvalue weighted by molar-refractivity contribution is 5.66. The Morgan fingerprint density at radius 3 is 2.89 bits per heavy atom. The van der Waals surface area contributed by atoms with Crippen molar-refractivity contribution in [1.82, 2.24) is 9.97 Å². The summed E-state index contributed by atoms with van der Waals surface area (Å²) in [6.07, 6.45) is 9.10. The molecule has 6 heteroatoms. The maximum atomic E-state index is 9.77. The molecule has 0 aliphatic rings. The van der Waals surface area contributed by atoms with Gasteiger partial charge in [0.15, 0.2) is 11.5 Å². The number of phenolic OH excluding ortho intramolecular Hbond substituents is 1. The molecular weight excluding hydrogens is 340 g/mol. The molecule has 6 nitrogen and oxygen atoms in total. The molecule has 1 heterocycles. The van der Waals surface area contributed by atoms with Crippen molar-refractivity contribution in [2.75, 3.05) is 12.4 Å². The first-order valence-electron chi connectivity index (χ1n) is 8.84. The first kappa shape index (κ1) is 20.2. The van der Waals surface area contributed by atoms with Gasteiger partial charge >= 0.3 is 0 Å². The third-order valence-corrected chi connectivity index (χ3v) is 4.14.